The van der Waals surface area contributed by atoms with Gasteiger partial charge in [-0.05, 0) is 17.8 Å². The summed E-state index contributed by atoms with van der Waals surface area (Å²) in [5.74, 6) is -0.192. The standard InChI is InChI=1S/3C18H26O4S.C4H9.Sn/c3*1-14(2)8-4-3-7-11-21-17(19)15-9-5-6-10-16(15)18(20)22-12-13-23;1-3-4-2;/h3*5-6,9-10,14,23H,3-4,7-8,11-13H2,1-2H3;1,3-4H2,2H3;/q;;;;+3/p-3. The third-order valence-corrected chi connectivity index (χ3v) is 51.9. The van der Waals surface area contributed by atoms with Crippen LogP contribution in [0, 0.1) is 17.8 Å². The van der Waals surface area contributed by atoms with Crippen molar-refractivity contribution in [1.82, 2.24) is 0 Å². The Morgan fingerprint density at radius 1 is 0.365 bits per heavy atom. The summed E-state index contributed by atoms with van der Waals surface area (Å²) in [6, 6.07) is 19.6. The number of carbonyl (C=O) groups is 6. The van der Waals surface area contributed by atoms with Crippen LogP contribution in [0.1, 0.15) is 201 Å². The van der Waals surface area contributed by atoms with Gasteiger partial charge in [0.05, 0.1) is 0 Å². The second-order valence-corrected chi connectivity index (χ2v) is 53.6. The fourth-order valence-electron chi connectivity index (χ4n) is 7.70. The van der Waals surface area contributed by atoms with Gasteiger partial charge in [0.2, 0.25) is 0 Å². The Morgan fingerprint density at radius 2 is 0.608 bits per heavy atom. The molecular formula is C58H84O12S3Sn. The minimum atomic E-state index is -3.49. The van der Waals surface area contributed by atoms with Crippen molar-refractivity contribution >= 4 is 76.9 Å². The molecule has 3 rings (SSSR count). The Kier molecular flexibility index (Phi) is 33.2. The van der Waals surface area contributed by atoms with E-state index in [4.69, 9.17) is 28.4 Å². The molecule has 0 radical (unpaired) electrons. The first-order valence-corrected chi connectivity index (χ1v) is 42.4. The fourth-order valence-corrected chi connectivity index (χ4v) is 46.0. The topological polar surface area (TPSA) is 158 Å². The van der Waals surface area contributed by atoms with Crippen LogP contribution in [0.25, 0.3) is 0 Å². The summed E-state index contributed by atoms with van der Waals surface area (Å²) < 4.78 is 35.0. The van der Waals surface area contributed by atoms with E-state index in [0.717, 1.165) is 94.3 Å². The van der Waals surface area contributed by atoms with Crippen molar-refractivity contribution in [2.24, 2.45) is 17.8 Å². The quantitative estimate of drug-likeness (QED) is 0.0230. The average molecular weight is 1190 g/mol. The molecule has 0 fully saturated rings. The molecular weight excluding hydrogens is 1100 g/mol. The van der Waals surface area contributed by atoms with Crippen molar-refractivity contribution in [1.29, 1.82) is 0 Å². The number of hydrogen-bond acceptors (Lipinski definition) is 15. The Bertz CT molecular complexity index is 1920. The van der Waals surface area contributed by atoms with Crippen LogP contribution in [0.5, 0.6) is 0 Å². The molecule has 16 heteroatoms. The molecule has 3 aromatic rings. The van der Waals surface area contributed by atoms with Gasteiger partial charge in [0.1, 0.15) is 0 Å². The van der Waals surface area contributed by atoms with E-state index in [1.165, 1.54) is 0 Å². The van der Waals surface area contributed by atoms with Gasteiger partial charge < -0.3 is 0 Å². The van der Waals surface area contributed by atoms with E-state index >= 15 is 0 Å². The first kappa shape index (κ1) is 64.6. The summed E-state index contributed by atoms with van der Waals surface area (Å²) in [6.07, 6.45) is 13.6. The number of unbranched alkanes of at least 4 members (excludes halogenated alkanes) is 7. The zero-order chi connectivity index (χ0) is 54.0. The number of rotatable bonds is 39. The number of ether oxygens (including phenoxy) is 6. The van der Waals surface area contributed by atoms with E-state index in [0.29, 0.717) is 35.0 Å². The van der Waals surface area contributed by atoms with Crippen molar-refractivity contribution in [2.45, 2.75) is 143 Å². The molecule has 0 saturated heterocycles. The average Bonchev–Trinajstić information content (AvgIpc) is 3.39. The van der Waals surface area contributed by atoms with Gasteiger partial charge in [-0.1, -0.05) is 80.1 Å². The molecule has 12 nitrogen and oxygen atoms in total. The summed E-state index contributed by atoms with van der Waals surface area (Å²) in [4.78, 5) is 79.8. The third kappa shape index (κ3) is 25.9. The van der Waals surface area contributed by atoms with Crippen molar-refractivity contribution in [3.05, 3.63) is 106 Å². The van der Waals surface area contributed by atoms with Gasteiger partial charge in [-0.15, -0.1) is 0 Å². The summed E-state index contributed by atoms with van der Waals surface area (Å²) in [6.45, 7) is 16.4. The van der Waals surface area contributed by atoms with Crippen LogP contribution in [0.4, 0.5) is 0 Å². The molecule has 0 spiro atoms. The molecule has 3 aromatic carbocycles. The first-order chi connectivity index (χ1) is 35.7. The number of hydrogen-bond donors (Lipinski definition) is 0. The van der Waals surface area contributed by atoms with Crippen LogP contribution < -0.4 is 0 Å². The molecule has 0 aliphatic carbocycles. The van der Waals surface area contributed by atoms with Gasteiger partial charge in [-0.3, -0.25) is 0 Å². The second kappa shape index (κ2) is 38.0. The van der Waals surface area contributed by atoms with Gasteiger partial charge in [-0.2, -0.15) is 0 Å². The zero-order valence-electron chi connectivity index (χ0n) is 45.3. The predicted octanol–water partition coefficient (Wildman–Crippen LogP) is 14.6. The molecule has 0 aliphatic rings. The molecule has 0 aromatic heterocycles. The maximum absolute atomic E-state index is 13.5. The van der Waals surface area contributed by atoms with Gasteiger partial charge in [0.15, 0.2) is 0 Å². The minimum absolute atomic E-state index is 0.0915. The van der Waals surface area contributed by atoms with Crippen LogP contribution in [0.15, 0.2) is 72.8 Å². The number of esters is 6. The molecule has 0 saturated carbocycles. The van der Waals surface area contributed by atoms with Gasteiger partial charge in [-0.25, -0.2) is 0 Å². The predicted molar refractivity (Wildman–Crippen MR) is 304 cm³/mol. The van der Waals surface area contributed by atoms with E-state index < -0.39 is 50.0 Å². The van der Waals surface area contributed by atoms with Crippen LogP contribution in [0.3, 0.4) is 0 Å². The van der Waals surface area contributed by atoms with E-state index in [1.807, 2.05) is 0 Å². The third-order valence-electron chi connectivity index (χ3n) is 11.8. The molecule has 410 valence electrons. The van der Waals surface area contributed by atoms with Crippen molar-refractivity contribution in [3.8, 4) is 0 Å². The minimum Gasteiger partial charge on any atom is -0.0628 e. The molecule has 0 N–H and O–H groups in total. The van der Waals surface area contributed by atoms with Crippen LogP contribution >= 0.6 is 26.8 Å². The van der Waals surface area contributed by atoms with E-state index in [1.54, 1.807) is 99.6 Å². The molecule has 0 amide bonds. The molecule has 0 atom stereocenters. The van der Waals surface area contributed by atoms with Crippen molar-refractivity contribution < 1.29 is 57.2 Å². The van der Waals surface area contributed by atoms with E-state index in [-0.39, 0.29) is 73.0 Å². The Labute approximate surface area is 454 Å². The van der Waals surface area contributed by atoms with Crippen LogP contribution in [-0.2, 0) is 28.4 Å². The van der Waals surface area contributed by atoms with Crippen LogP contribution in [-0.4, -0.2) is 107 Å². The number of benzene rings is 3. The van der Waals surface area contributed by atoms with E-state index in [2.05, 4.69) is 48.5 Å². The van der Waals surface area contributed by atoms with E-state index in [9.17, 15) is 28.8 Å². The molecule has 74 heavy (non-hydrogen) atoms. The van der Waals surface area contributed by atoms with Crippen molar-refractivity contribution in [3.63, 3.8) is 0 Å². The van der Waals surface area contributed by atoms with Gasteiger partial charge in [0, 0.05) is 0 Å². The molecule has 0 heterocycles. The Balaban J connectivity index is 1.69. The fraction of sp³-hybridized carbons (Fsp3) is 0.586. The number of carbonyl (C=O) groups excluding carboxylic acids is 6. The summed E-state index contributed by atoms with van der Waals surface area (Å²) >= 11 is -3.49. The molecule has 0 unspecified atom stereocenters. The molecule has 0 bridgehead atoms. The Hall–Kier alpha value is -3.67. The smallest absolute Gasteiger partial charge is 0.0628 e. The zero-order valence-corrected chi connectivity index (χ0v) is 50.6. The van der Waals surface area contributed by atoms with Gasteiger partial charge >= 0.3 is 360 Å². The summed E-state index contributed by atoms with van der Waals surface area (Å²) in [7, 11) is 5.37. The van der Waals surface area contributed by atoms with Crippen LogP contribution in [0.2, 0.25) is 4.44 Å². The second-order valence-electron chi connectivity index (χ2n) is 19.5. The SMILES string of the molecule is CCC[CH2][Sn]([S]CCOC(=O)c1ccccc1C(=O)OCCCCCC(C)C)([S]CCOC(=O)c1ccccc1C(=O)OCCCCCC(C)C)[S]CCOC(=O)c1ccccc1C(=O)OCCCCCC(C)C. The summed E-state index contributed by atoms with van der Waals surface area (Å²) in [5, 5.41) is 0. The molecule has 0 aliphatic heterocycles. The van der Waals surface area contributed by atoms with Crippen molar-refractivity contribution in [2.75, 3.05) is 56.9 Å². The normalized spacial score (nSPS) is 11.4. The monoisotopic (exact) mass is 1190 g/mol. The maximum atomic E-state index is 13.5. The first-order valence-electron chi connectivity index (χ1n) is 26.9. The van der Waals surface area contributed by atoms with Gasteiger partial charge in [0.25, 0.3) is 0 Å². The summed E-state index contributed by atoms with van der Waals surface area (Å²) in [5.41, 5.74) is 0.937. The Morgan fingerprint density at radius 3 is 0.838 bits per heavy atom.